The van der Waals surface area contributed by atoms with Crippen LogP contribution in [0.25, 0.3) is 0 Å². The van der Waals surface area contributed by atoms with Gasteiger partial charge in [-0.3, -0.25) is 4.79 Å². The standard InChI is InChI=1S/C73H110O9Si2/c1-18-48(2)42-67-54(8)63(46-58(74)45-62-36-38-65-70(79-62)52(6)53(7)71(81-65)66(39-41-83(13,14)15)82-84(16,17)72(9,10)11)69(80-67)47-68-51(5)49(3)43-61(78-68)35-37-64-50(4)44-60(77-64)30-25-40-76-73(55-26-21-19-22-27-55,56-28-23-20-24-29-56)57-31-33-59(75-12)34-32-57/h19-24,26-29,31-34,39,41,48-49,52-54,60-71H,4-5,18,25,30,35-38,40,42-47H2,1-3,6-17H3/b41-39+/t48-,49-,52-,53+,54-,60+,61+,62?,63-,64?,65+,66+,67?,68?,69+,70-,71-/m1/s1. The molecule has 0 aromatic heterocycles. The lowest BCUT2D eigenvalue weighted by Crippen LogP contribution is -2.58. The molecule has 3 aromatic carbocycles. The number of hydrogen-bond acceptors (Lipinski definition) is 9. The van der Waals surface area contributed by atoms with Crippen LogP contribution in [0.5, 0.6) is 5.75 Å². The lowest BCUT2D eigenvalue weighted by atomic mass is 9.76. The van der Waals surface area contributed by atoms with Crippen molar-refractivity contribution >= 4 is 22.2 Å². The molecule has 0 spiro atoms. The fourth-order valence-electron chi connectivity index (χ4n) is 14.0. The van der Waals surface area contributed by atoms with Gasteiger partial charge >= 0.3 is 0 Å². The summed E-state index contributed by atoms with van der Waals surface area (Å²) in [5.74, 6) is 2.79. The third-order valence-corrected chi connectivity index (χ3v) is 26.4. The van der Waals surface area contributed by atoms with Crippen molar-refractivity contribution in [3.05, 3.63) is 138 Å². The van der Waals surface area contributed by atoms with Gasteiger partial charge in [-0.1, -0.05) is 186 Å². The minimum absolute atomic E-state index is 0.00394. The summed E-state index contributed by atoms with van der Waals surface area (Å²) in [6.07, 6.45) is 12.8. The molecule has 17 atom stereocenters. The van der Waals surface area contributed by atoms with Crippen molar-refractivity contribution in [2.75, 3.05) is 13.7 Å². The minimum atomic E-state index is -2.09. The van der Waals surface area contributed by atoms with Gasteiger partial charge in [-0.25, -0.2) is 0 Å². The maximum atomic E-state index is 14.5. The van der Waals surface area contributed by atoms with Crippen LogP contribution in [0.1, 0.15) is 162 Å². The van der Waals surface area contributed by atoms with E-state index in [1.54, 1.807) is 7.11 Å². The first-order valence-electron chi connectivity index (χ1n) is 32.7. The van der Waals surface area contributed by atoms with Gasteiger partial charge in [0.25, 0.3) is 0 Å². The molecule has 11 heteroatoms. The highest BCUT2D eigenvalue weighted by Crippen LogP contribution is 2.47. The van der Waals surface area contributed by atoms with E-state index in [1.165, 1.54) is 5.57 Å². The SMILES string of the molecule is C=C1C[C@H](CCCOC(c2ccccc2)(c2ccccc2)c2ccc(OC)cc2)OC1CC[C@H]1C[C@@H](C)C(=C)C(C[C@@H]2OC(C[C@H](C)CC)[C@H](C)[C@H]2CC(=O)CC2CC[C@@H]3O[C@@H]([C@H](/C=C/[Si](C)(C)C)O[Si](C)(C)C(C)(C)C)[C@@H](C)[C@@H](C)[C@H]3O2)O1. The molecule has 5 heterocycles. The molecule has 8 rings (SSSR count). The summed E-state index contributed by atoms with van der Waals surface area (Å²) >= 11 is 0. The smallest absolute Gasteiger partial charge is 0.193 e. The van der Waals surface area contributed by atoms with Crippen LogP contribution in [0, 0.1) is 35.5 Å². The first kappa shape index (κ1) is 66.5. The molecule has 0 aliphatic carbocycles. The predicted octanol–water partition coefficient (Wildman–Crippen LogP) is 17.2. The first-order valence-corrected chi connectivity index (χ1v) is 39.2. The lowest BCUT2D eigenvalue weighted by Gasteiger charge is -2.51. The lowest BCUT2D eigenvalue weighted by molar-refractivity contribution is -0.237. The number of carbonyl (C=O) groups is 1. The van der Waals surface area contributed by atoms with Crippen molar-refractivity contribution in [1.82, 2.24) is 0 Å². The minimum Gasteiger partial charge on any atom is -0.497 e. The molecule has 0 saturated carbocycles. The topological polar surface area (TPSA) is 90.9 Å². The average Bonchev–Trinajstić information content (AvgIpc) is 1.78. The molecule has 5 aliphatic rings. The molecule has 0 N–H and O–H groups in total. The first-order chi connectivity index (χ1) is 39.8. The largest absolute Gasteiger partial charge is 0.497 e. The number of ketones is 1. The molecule has 5 fully saturated rings. The maximum absolute atomic E-state index is 14.5. The number of benzene rings is 3. The third kappa shape index (κ3) is 16.2. The predicted molar refractivity (Wildman–Crippen MR) is 348 cm³/mol. The van der Waals surface area contributed by atoms with Crippen LogP contribution < -0.4 is 4.74 Å². The number of fused-ring (bicyclic) bond motifs is 1. The zero-order chi connectivity index (χ0) is 60.7. The Hall–Kier alpha value is -3.50. The molecule has 0 bridgehead atoms. The van der Waals surface area contributed by atoms with E-state index in [-0.39, 0.29) is 102 Å². The van der Waals surface area contributed by atoms with Gasteiger partial charge in [0.05, 0.1) is 82.3 Å². The summed E-state index contributed by atoms with van der Waals surface area (Å²) in [6, 6.07) is 29.3. The highest BCUT2D eigenvalue weighted by atomic mass is 28.4. The van der Waals surface area contributed by atoms with Gasteiger partial charge in [0.2, 0.25) is 0 Å². The number of rotatable bonds is 26. The molecule has 3 aromatic rings. The highest BCUT2D eigenvalue weighted by molar-refractivity contribution is 6.81. The van der Waals surface area contributed by atoms with Gasteiger partial charge in [-0.05, 0) is 151 Å². The van der Waals surface area contributed by atoms with Crippen molar-refractivity contribution < 1.29 is 42.4 Å². The number of methoxy groups -OCH3 is 1. The van der Waals surface area contributed by atoms with Crippen molar-refractivity contribution in [3.63, 3.8) is 0 Å². The Morgan fingerprint density at radius 3 is 1.99 bits per heavy atom. The normalized spacial score (nSPS) is 31.5. The van der Waals surface area contributed by atoms with E-state index >= 15 is 0 Å². The summed E-state index contributed by atoms with van der Waals surface area (Å²) in [6.45, 7) is 42.4. The fraction of sp³-hybridized carbons (Fsp3) is 0.658. The summed E-state index contributed by atoms with van der Waals surface area (Å²) in [5.41, 5.74) is 7.18. The van der Waals surface area contributed by atoms with E-state index in [0.717, 1.165) is 98.6 Å². The Labute approximate surface area is 510 Å². The van der Waals surface area contributed by atoms with E-state index in [9.17, 15) is 4.79 Å². The second-order valence-electron chi connectivity index (χ2n) is 29.2. The number of Topliss-reactive ketones (excluding diaryl/α,β-unsaturated/α-hetero) is 1. The Balaban J connectivity index is 0.856. The molecular weight excluding hydrogens is 1080 g/mol. The third-order valence-electron chi connectivity index (χ3n) is 20.7. The molecule has 4 unspecified atom stereocenters. The van der Waals surface area contributed by atoms with Crippen molar-refractivity contribution in [3.8, 4) is 5.75 Å². The van der Waals surface area contributed by atoms with Crippen LogP contribution in [0.4, 0.5) is 0 Å². The fourth-order valence-corrected chi connectivity index (χ4v) is 16.0. The van der Waals surface area contributed by atoms with Gasteiger partial charge in [0.15, 0.2) is 8.32 Å². The summed E-state index contributed by atoms with van der Waals surface area (Å²) in [5, 5.41) is 0.0888. The van der Waals surface area contributed by atoms with Gasteiger partial charge in [0, 0.05) is 25.9 Å². The second-order valence-corrected chi connectivity index (χ2v) is 39.0. The van der Waals surface area contributed by atoms with Gasteiger partial charge in [-0.15, -0.1) is 0 Å². The molecule has 0 radical (unpaired) electrons. The Morgan fingerprint density at radius 2 is 1.37 bits per heavy atom. The Kier molecular flexibility index (Phi) is 22.8. The number of hydrogen-bond donors (Lipinski definition) is 0. The average molecular weight is 1190 g/mol. The van der Waals surface area contributed by atoms with E-state index in [0.29, 0.717) is 31.3 Å². The Morgan fingerprint density at radius 1 is 0.726 bits per heavy atom. The molecule has 5 saturated heterocycles. The van der Waals surface area contributed by atoms with Crippen LogP contribution in [-0.4, -0.2) is 103 Å². The monoisotopic (exact) mass is 1190 g/mol. The molecule has 84 heavy (non-hydrogen) atoms. The van der Waals surface area contributed by atoms with Gasteiger partial charge < -0.3 is 37.6 Å². The van der Waals surface area contributed by atoms with E-state index < -0.39 is 22.0 Å². The van der Waals surface area contributed by atoms with Crippen LogP contribution in [0.2, 0.25) is 37.8 Å². The van der Waals surface area contributed by atoms with Crippen LogP contribution in [0.15, 0.2) is 121 Å². The van der Waals surface area contributed by atoms with Crippen molar-refractivity contribution in [1.29, 1.82) is 0 Å². The molecule has 5 aliphatic heterocycles. The Bertz CT molecular complexity index is 2570. The molecule has 464 valence electrons. The number of ether oxygens (including phenoxy) is 7. The molecule has 9 nitrogen and oxygen atoms in total. The van der Waals surface area contributed by atoms with Gasteiger partial charge in [-0.2, -0.15) is 0 Å². The summed E-state index contributed by atoms with van der Waals surface area (Å²) < 4.78 is 55.0. The van der Waals surface area contributed by atoms with E-state index in [4.69, 9.17) is 37.6 Å². The van der Waals surface area contributed by atoms with E-state index in [1.807, 2.05) is 12.1 Å². The van der Waals surface area contributed by atoms with Crippen LogP contribution in [-0.2, 0) is 43.2 Å². The van der Waals surface area contributed by atoms with E-state index in [2.05, 4.69) is 193 Å². The summed E-state index contributed by atoms with van der Waals surface area (Å²) in [7, 11) is -1.88. The van der Waals surface area contributed by atoms with Crippen molar-refractivity contribution in [2.45, 2.75) is 256 Å². The molecular formula is C73H110O9Si2. The second kappa shape index (κ2) is 28.8. The maximum Gasteiger partial charge on any atom is 0.193 e. The van der Waals surface area contributed by atoms with Gasteiger partial charge in [0.1, 0.15) is 17.1 Å². The zero-order valence-electron chi connectivity index (χ0n) is 54.5. The zero-order valence-corrected chi connectivity index (χ0v) is 56.5. The number of carbonyl (C=O) groups excluding carboxylic acids is 1. The van der Waals surface area contributed by atoms with Crippen LogP contribution in [0.3, 0.4) is 0 Å². The quantitative estimate of drug-likeness (QED) is 0.0337. The highest BCUT2D eigenvalue weighted by Gasteiger charge is 2.51. The summed E-state index contributed by atoms with van der Waals surface area (Å²) in [4.78, 5) is 14.5. The molecule has 0 amide bonds. The van der Waals surface area contributed by atoms with Crippen molar-refractivity contribution in [2.24, 2.45) is 35.5 Å². The van der Waals surface area contributed by atoms with Crippen LogP contribution >= 0.6 is 0 Å².